The van der Waals surface area contributed by atoms with Gasteiger partial charge in [0.2, 0.25) is 0 Å². The van der Waals surface area contributed by atoms with Gasteiger partial charge in [0.05, 0.1) is 36.7 Å². The Bertz CT molecular complexity index is 968. The molecule has 2 heterocycles. The molecular weight excluding hydrogens is 356 g/mol. The maximum atomic E-state index is 12.2. The largest absolute Gasteiger partial charge is 0.494 e. The highest BCUT2D eigenvalue weighted by atomic mass is 35.5. The summed E-state index contributed by atoms with van der Waals surface area (Å²) >= 11 is 6.47. The highest BCUT2D eigenvalue weighted by Crippen LogP contribution is 2.38. The highest BCUT2D eigenvalue weighted by molar-refractivity contribution is 6.34. The molecule has 26 heavy (non-hydrogen) atoms. The number of H-pyrrole nitrogens is 1. The van der Waals surface area contributed by atoms with Gasteiger partial charge in [-0.2, -0.15) is 0 Å². The van der Waals surface area contributed by atoms with Crippen LogP contribution in [0.25, 0.3) is 22.2 Å². The van der Waals surface area contributed by atoms with E-state index in [0.29, 0.717) is 33.0 Å². The third kappa shape index (κ3) is 3.18. The van der Waals surface area contributed by atoms with Gasteiger partial charge < -0.3 is 14.6 Å². The number of rotatable bonds is 5. The first-order valence-corrected chi connectivity index (χ1v) is 8.19. The van der Waals surface area contributed by atoms with Crippen LogP contribution in [0.3, 0.4) is 0 Å². The second-order valence-corrected chi connectivity index (χ2v) is 6.26. The van der Waals surface area contributed by atoms with Crippen LogP contribution < -0.4 is 15.1 Å². The summed E-state index contributed by atoms with van der Waals surface area (Å²) in [6.45, 7) is 0. The zero-order valence-corrected chi connectivity index (χ0v) is 15.6. The average Bonchev–Trinajstić information content (AvgIpc) is 3.03. The summed E-state index contributed by atoms with van der Waals surface area (Å²) in [5, 5.41) is 1.21. The van der Waals surface area contributed by atoms with Crippen molar-refractivity contribution in [3.63, 3.8) is 0 Å². The van der Waals surface area contributed by atoms with Gasteiger partial charge in [-0.3, -0.25) is 14.6 Å². The number of anilines is 1. The lowest BCUT2D eigenvalue weighted by atomic mass is 10.0. The molecule has 0 bridgehead atoms. The minimum absolute atomic E-state index is 0.352. The standard InChI is InChI=1S/C18H19ClN4O3/c1-23(2)10-5-16(25-3)17(21-8-10)12-6-11-13(18(24)22-26-4)9-20-15(11)7-14(12)19/h5-9,20H,1-4H3,(H,22,24). The van der Waals surface area contributed by atoms with E-state index in [1.54, 1.807) is 25.6 Å². The number of amides is 1. The monoisotopic (exact) mass is 374 g/mol. The quantitative estimate of drug-likeness (QED) is 0.670. The van der Waals surface area contributed by atoms with Crippen molar-refractivity contribution >= 4 is 34.1 Å². The summed E-state index contributed by atoms with van der Waals surface area (Å²) < 4.78 is 5.50. The number of ether oxygens (including phenoxy) is 1. The average molecular weight is 375 g/mol. The van der Waals surface area contributed by atoms with E-state index in [1.807, 2.05) is 31.1 Å². The summed E-state index contributed by atoms with van der Waals surface area (Å²) in [7, 11) is 6.82. The molecular formula is C18H19ClN4O3. The molecule has 136 valence electrons. The minimum Gasteiger partial charge on any atom is -0.494 e. The number of hydroxylamine groups is 1. The molecule has 2 N–H and O–H groups in total. The zero-order valence-electron chi connectivity index (χ0n) is 14.9. The van der Waals surface area contributed by atoms with Crippen LogP contribution in [0.4, 0.5) is 5.69 Å². The Labute approximate surface area is 155 Å². The Hall–Kier alpha value is -2.77. The van der Waals surface area contributed by atoms with E-state index >= 15 is 0 Å². The van der Waals surface area contributed by atoms with Crippen LogP contribution in [-0.4, -0.2) is 44.2 Å². The topological polar surface area (TPSA) is 79.5 Å². The second kappa shape index (κ2) is 7.23. The third-order valence-electron chi connectivity index (χ3n) is 4.04. The normalized spacial score (nSPS) is 10.8. The Morgan fingerprint density at radius 1 is 1.27 bits per heavy atom. The van der Waals surface area contributed by atoms with Crippen LogP contribution in [-0.2, 0) is 4.84 Å². The van der Waals surface area contributed by atoms with Gasteiger partial charge in [-0.15, -0.1) is 0 Å². The molecule has 0 fully saturated rings. The molecule has 0 saturated heterocycles. The molecule has 0 aliphatic rings. The molecule has 0 unspecified atom stereocenters. The number of nitrogens with one attached hydrogen (secondary N) is 2. The fourth-order valence-electron chi connectivity index (χ4n) is 2.70. The van der Waals surface area contributed by atoms with Crippen molar-refractivity contribution in [3.8, 4) is 17.0 Å². The van der Waals surface area contributed by atoms with Crippen molar-refractivity contribution in [1.82, 2.24) is 15.4 Å². The van der Waals surface area contributed by atoms with Crippen molar-refractivity contribution in [3.05, 3.63) is 41.2 Å². The van der Waals surface area contributed by atoms with Crippen LogP contribution in [0.5, 0.6) is 5.75 Å². The van der Waals surface area contributed by atoms with Crippen LogP contribution in [0.2, 0.25) is 5.02 Å². The number of hydrogen-bond acceptors (Lipinski definition) is 5. The molecule has 1 aromatic carbocycles. The van der Waals surface area contributed by atoms with Crippen molar-refractivity contribution < 1.29 is 14.4 Å². The summed E-state index contributed by atoms with van der Waals surface area (Å²) in [5.41, 5.74) is 5.69. The number of methoxy groups -OCH3 is 1. The van der Waals surface area contributed by atoms with E-state index in [-0.39, 0.29) is 5.91 Å². The summed E-state index contributed by atoms with van der Waals surface area (Å²) in [6.07, 6.45) is 3.35. The smallest absolute Gasteiger partial charge is 0.276 e. The molecule has 0 aliphatic carbocycles. The van der Waals surface area contributed by atoms with E-state index in [0.717, 1.165) is 11.2 Å². The number of carbonyl (C=O) groups excluding carboxylic acids is 1. The molecule has 7 nitrogen and oxygen atoms in total. The lowest BCUT2D eigenvalue weighted by Crippen LogP contribution is -2.21. The molecule has 2 aromatic heterocycles. The van der Waals surface area contributed by atoms with E-state index < -0.39 is 0 Å². The molecule has 0 atom stereocenters. The fraction of sp³-hybridized carbons (Fsp3) is 0.222. The van der Waals surface area contributed by atoms with Crippen molar-refractivity contribution in [2.75, 3.05) is 33.2 Å². The Morgan fingerprint density at radius 3 is 2.69 bits per heavy atom. The molecule has 0 spiro atoms. The van der Waals surface area contributed by atoms with E-state index in [4.69, 9.17) is 21.2 Å². The molecule has 3 rings (SSSR count). The first-order chi connectivity index (χ1) is 12.5. The van der Waals surface area contributed by atoms with Crippen molar-refractivity contribution in [2.45, 2.75) is 0 Å². The van der Waals surface area contributed by atoms with Crippen LogP contribution in [0.15, 0.2) is 30.6 Å². The number of pyridine rings is 1. The van der Waals surface area contributed by atoms with Gasteiger partial charge in [-0.1, -0.05) is 11.6 Å². The lowest BCUT2D eigenvalue weighted by molar-refractivity contribution is 0.0539. The number of benzene rings is 1. The van der Waals surface area contributed by atoms with E-state index in [9.17, 15) is 4.79 Å². The van der Waals surface area contributed by atoms with Crippen LogP contribution >= 0.6 is 11.6 Å². The second-order valence-electron chi connectivity index (χ2n) is 5.85. The number of carbonyl (C=O) groups is 1. The third-order valence-corrected chi connectivity index (χ3v) is 4.35. The number of fused-ring (bicyclic) bond motifs is 1. The van der Waals surface area contributed by atoms with Crippen molar-refractivity contribution in [2.24, 2.45) is 0 Å². The number of nitrogens with zero attached hydrogens (tertiary/aromatic N) is 2. The molecule has 0 radical (unpaired) electrons. The Kier molecular flexibility index (Phi) is 5.01. The van der Waals surface area contributed by atoms with Gasteiger partial charge in [0.1, 0.15) is 11.4 Å². The summed E-state index contributed by atoms with van der Waals surface area (Å²) in [6, 6.07) is 5.47. The zero-order chi connectivity index (χ0) is 18.8. The van der Waals surface area contributed by atoms with Gasteiger partial charge in [-0.05, 0) is 12.1 Å². The summed E-state index contributed by atoms with van der Waals surface area (Å²) in [4.78, 5) is 26.4. The fourth-order valence-corrected chi connectivity index (χ4v) is 2.95. The van der Waals surface area contributed by atoms with Crippen LogP contribution in [0.1, 0.15) is 10.4 Å². The predicted octanol–water partition coefficient (Wildman–Crippen LogP) is 3.25. The Balaban J connectivity index is 2.17. The first kappa shape index (κ1) is 18.0. The molecule has 3 aromatic rings. The predicted molar refractivity (Wildman–Crippen MR) is 102 cm³/mol. The van der Waals surface area contributed by atoms with E-state index in [2.05, 4.69) is 15.4 Å². The minimum atomic E-state index is -0.352. The van der Waals surface area contributed by atoms with E-state index in [1.165, 1.54) is 7.11 Å². The van der Waals surface area contributed by atoms with Gasteiger partial charge in [0.15, 0.2) is 0 Å². The van der Waals surface area contributed by atoms with Crippen molar-refractivity contribution in [1.29, 1.82) is 0 Å². The molecule has 0 aliphatic heterocycles. The highest BCUT2D eigenvalue weighted by Gasteiger charge is 2.18. The van der Waals surface area contributed by atoms with Gasteiger partial charge in [0, 0.05) is 42.8 Å². The maximum Gasteiger partial charge on any atom is 0.276 e. The Morgan fingerprint density at radius 2 is 2.04 bits per heavy atom. The number of hydrogen-bond donors (Lipinski definition) is 2. The number of aromatic nitrogens is 2. The van der Waals surface area contributed by atoms with Crippen LogP contribution in [0, 0.1) is 0 Å². The molecule has 1 amide bonds. The van der Waals surface area contributed by atoms with Gasteiger partial charge >= 0.3 is 0 Å². The number of aromatic amines is 1. The maximum absolute atomic E-state index is 12.2. The molecule has 8 heteroatoms. The summed E-state index contributed by atoms with van der Waals surface area (Å²) in [5.74, 6) is 0.241. The van der Waals surface area contributed by atoms with Gasteiger partial charge in [-0.25, -0.2) is 5.48 Å². The first-order valence-electron chi connectivity index (χ1n) is 7.82. The number of halogens is 1. The van der Waals surface area contributed by atoms with Gasteiger partial charge in [0.25, 0.3) is 5.91 Å². The molecule has 0 saturated carbocycles. The lowest BCUT2D eigenvalue weighted by Gasteiger charge is -2.16. The SMILES string of the molecule is CONC(=O)c1c[nH]c2cc(Cl)c(-c3ncc(N(C)C)cc3OC)cc12.